The highest BCUT2D eigenvalue weighted by atomic mass is 16.5. The predicted octanol–water partition coefficient (Wildman–Crippen LogP) is 2.59. The second kappa shape index (κ2) is 6.15. The van der Waals surface area contributed by atoms with Crippen LogP contribution in [0, 0.1) is 5.41 Å². The minimum absolute atomic E-state index is 0.190. The summed E-state index contributed by atoms with van der Waals surface area (Å²) in [5.41, 5.74) is 0.190. The van der Waals surface area contributed by atoms with Crippen molar-refractivity contribution in [3.05, 3.63) is 11.7 Å². The zero-order chi connectivity index (χ0) is 12.9. The van der Waals surface area contributed by atoms with E-state index in [0.29, 0.717) is 6.04 Å². The van der Waals surface area contributed by atoms with Gasteiger partial charge in [0.05, 0.1) is 0 Å². The van der Waals surface area contributed by atoms with E-state index in [9.17, 15) is 0 Å². The zero-order valence-corrected chi connectivity index (χ0v) is 11.7. The number of hydrogen-bond acceptors (Lipinski definition) is 4. The smallest absolute Gasteiger partial charge is 0.228 e. The van der Waals surface area contributed by atoms with Gasteiger partial charge in [-0.25, -0.2) is 0 Å². The minimum atomic E-state index is 0.190. The Hall–Kier alpha value is -0.900. The van der Waals surface area contributed by atoms with Crippen molar-refractivity contribution < 1.29 is 4.52 Å². The lowest BCUT2D eigenvalue weighted by atomic mass is 9.84. The lowest BCUT2D eigenvalue weighted by Crippen LogP contribution is -2.42. The summed E-state index contributed by atoms with van der Waals surface area (Å²) < 4.78 is 5.26. The molecule has 0 fully saturated rings. The topological polar surface area (TPSA) is 51.0 Å². The molecule has 1 heterocycles. The average molecular weight is 239 g/mol. The van der Waals surface area contributed by atoms with E-state index >= 15 is 0 Å². The van der Waals surface area contributed by atoms with E-state index in [1.165, 1.54) is 0 Å². The van der Waals surface area contributed by atoms with Gasteiger partial charge in [0.15, 0.2) is 5.82 Å². The largest absolute Gasteiger partial charge is 0.339 e. The van der Waals surface area contributed by atoms with Gasteiger partial charge in [0.2, 0.25) is 5.89 Å². The standard InChI is InChI=1S/C13H25N3O/c1-6-8-14-10(13(3,4)5)9-12-15-11(7-2)16-17-12/h10,14H,6-9H2,1-5H3. The first-order valence-corrected chi connectivity index (χ1v) is 6.52. The summed E-state index contributed by atoms with van der Waals surface area (Å²) in [6, 6.07) is 0.368. The van der Waals surface area contributed by atoms with Crippen molar-refractivity contribution in [1.82, 2.24) is 15.5 Å². The highest BCUT2D eigenvalue weighted by molar-refractivity contribution is 4.93. The van der Waals surface area contributed by atoms with Crippen LogP contribution < -0.4 is 5.32 Å². The molecule has 0 saturated heterocycles. The Morgan fingerprint density at radius 1 is 1.29 bits per heavy atom. The Morgan fingerprint density at radius 3 is 2.47 bits per heavy atom. The maximum absolute atomic E-state index is 5.26. The van der Waals surface area contributed by atoms with Crippen LogP contribution in [0.1, 0.15) is 52.8 Å². The van der Waals surface area contributed by atoms with Gasteiger partial charge in [-0.3, -0.25) is 0 Å². The Kier molecular flexibility index (Phi) is 5.12. The number of aryl methyl sites for hydroxylation is 1. The summed E-state index contributed by atoms with van der Waals surface area (Å²) >= 11 is 0. The SMILES string of the molecule is CCCNC(Cc1nc(CC)no1)C(C)(C)C. The van der Waals surface area contributed by atoms with Gasteiger partial charge in [0.1, 0.15) is 0 Å². The molecule has 1 rings (SSSR count). The molecule has 0 amide bonds. The molecule has 98 valence electrons. The molecule has 0 radical (unpaired) electrons. The maximum Gasteiger partial charge on any atom is 0.228 e. The molecular formula is C13H25N3O. The van der Waals surface area contributed by atoms with Crippen LogP contribution in [-0.4, -0.2) is 22.7 Å². The highest BCUT2D eigenvalue weighted by Gasteiger charge is 2.26. The van der Waals surface area contributed by atoms with Gasteiger partial charge in [-0.2, -0.15) is 4.98 Å². The van der Waals surface area contributed by atoms with Gasteiger partial charge < -0.3 is 9.84 Å². The lowest BCUT2D eigenvalue weighted by molar-refractivity contribution is 0.244. The molecule has 1 N–H and O–H groups in total. The van der Waals surface area contributed by atoms with Crippen LogP contribution in [0.4, 0.5) is 0 Å². The molecule has 1 aromatic heterocycles. The van der Waals surface area contributed by atoms with Crippen molar-refractivity contribution >= 4 is 0 Å². The second-order valence-corrected chi connectivity index (χ2v) is 5.53. The van der Waals surface area contributed by atoms with Crippen LogP contribution in [0.3, 0.4) is 0 Å². The highest BCUT2D eigenvalue weighted by Crippen LogP contribution is 2.22. The normalized spacial score (nSPS) is 13.9. The van der Waals surface area contributed by atoms with E-state index in [1.54, 1.807) is 0 Å². The third kappa shape index (κ3) is 4.46. The summed E-state index contributed by atoms with van der Waals surface area (Å²) in [7, 11) is 0. The minimum Gasteiger partial charge on any atom is -0.339 e. The lowest BCUT2D eigenvalue weighted by Gasteiger charge is -2.30. The molecule has 4 heteroatoms. The van der Waals surface area contributed by atoms with Crippen LogP contribution >= 0.6 is 0 Å². The molecule has 1 unspecified atom stereocenters. The fraction of sp³-hybridized carbons (Fsp3) is 0.846. The molecular weight excluding hydrogens is 214 g/mol. The van der Waals surface area contributed by atoms with Crippen molar-refractivity contribution in [2.45, 2.75) is 59.9 Å². The number of rotatable bonds is 6. The third-order valence-electron chi connectivity index (χ3n) is 2.89. The van der Waals surface area contributed by atoms with Gasteiger partial charge in [-0.15, -0.1) is 0 Å². The first kappa shape index (κ1) is 14.2. The molecule has 0 spiro atoms. The molecule has 17 heavy (non-hydrogen) atoms. The number of aromatic nitrogens is 2. The van der Waals surface area contributed by atoms with Crippen molar-refractivity contribution in [2.24, 2.45) is 5.41 Å². The summed E-state index contributed by atoms with van der Waals surface area (Å²) in [5.74, 6) is 1.54. The Bertz CT molecular complexity index is 328. The summed E-state index contributed by atoms with van der Waals surface area (Å²) in [6.07, 6.45) is 2.76. The van der Waals surface area contributed by atoms with Gasteiger partial charge in [-0.1, -0.05) is 39.8 Å². The number of nitrogens with zero attached hydrogens (tertiary/aromatic N) is 2. The fourth-order valence-corrected chi connectivity index (χ4v) is 1.69. The first-order chi connectivity index (χ1) is 7.97. The molecule has 0 aromatic carbocycles. The van der Waals surface area contributed by atoms with E-state index in [1.807, 2.05) is 6.92 Å². The van der Waals surface area contributed by atoms with Crippen molar-refractivity contribution in [3.8, 4) is 0 Å². The van der Waals surface area contributed by atoms with Crippen LogP contribution in [0.2, 0.25) is 0 Å². The number of hydrogen-bond donors (Lipinski definition) is 1. The molecule has 0 aliphatic rings. The zero-order valence-electron chi connectivity index (χ0n) is 11.7. The molecule has 4 nitrogen and oxygen atoms in total. The Labute approximate surface area is 104 Å². The van der Waals surface area contributed by atoms with Crippen LogP contribution in [-0.2, 0) is 12.8 Å². The number of nitrogens with one attached hydrogen (secondary N) is 1. The molecule has 1 atom stereocenters. The van der Waals surface area contributed by atoms with E-state index in [4.69, 9.17) is 4.52 Å². The van der Waals surface area contributed by atoms with Gasteiger partial charge in [0, 0.05) is 18.9 Å². The van der Waals surface area contributed by atoms with E-state index in [0.717, 1.165) is 37.5 Å². The predicted molar refractivity (Wildman–Crippen MR) is 68.9 cm³/mol. The van der Waals surface area contributed by atoms with Crippen molar-refractivity contribution in [3.63, 3.8) is 0 Å². The fourth-order valence-electron chi connectivity index (χ4n) is 1.69. The summed E-state index contributed by atoms with van der Waals surface area (Å²) in [5, 5.41) is 7.49. The van der Waals surface area contributed by atoms with Crippen molar-refractivity contribution in [2.75, 3.05) is 6.54 Å². The van der Waals surface area contributed by atoms with Crippen LogP contribution in [0.25, 0.3) is 0 Å². The quantitative estimate of drug-likeness (QED) is 0.829. The molecule has 0 bridgehead atoms. The van der Waals surface area contributed by atoms with Gasteiger partial charge >= 0.3 is 0 Å². The van der Waals surface area contributed by atoms with Gasteiger partial charge in [0.25, 0.3) is 0 Å². The Balaban J connectivity index is 2.65. The molecule has 0 aliphatic carbocycles. The summed E-state index contributed by atoms with van der Waals surface area (Å²) in [6.45, 7) is 11.9. The van der Waals surface area contributed by atoms with Crippen LogP contribution in [0.5, 0.6) is 0 Å². The van der Waals surface area contributed by atoms with E-state index in [2.05, 4.69) is 43.2 Å². The van der Waals surface area contributed by atoms with E-state index < -0.39 is 0 Å². The molecule has 0 saturated carbocycles. The van der Waals surface area contributed by atoms with Crippen LogP contribution in [0.15, 0.2) is 4.52 Å². The average Bonchev–Trinajstić information content (AvgIpc) is 2.70. The van der Waals surface area contributed by atoms with Gasteiger partial charge in [-0.05, 0) is 18.4 Å². The molecule has 1 aromatic rings. The third-order valence-corrected chi connectivity index (χ3v) is 2.89. The maximum atomic E-state index is 5.26. The molecule has 0 aliphatic heterocycles. The Morgan fingerprint density at radius 2 is 2.00 bits per heavy atom. The second-order valence-electron chi connectivity index (χ2n) is 5.53. The first-order valence-electron chi connectivity index (χ1n) is 6.52. The monoisotopic (exact) mass is 239 g/mol. The summed E-state index contributed by atoms with van der Waals surface area (Å²) in [4.78, 5) is 4.37. The van der Waals surface area contributed by atoms with E-state index in [-0.39, 0.29) is 5.41 Å². The van der Waals surface area contributed by atoms with Crippen molar-refractivity contribution in [1.29, 1.82) is 0 Å².